The fourth-order valence-electron chi connectivity index (χ4n) is 2.76. The lowest BCUT2D eigenvalue weighted by Gasteiger charge is -2.09. The van der Waals surface area contributed by atoms with Gasteiger partial charge in [0.15, 0.2) is 11.4 Å². The molecule has 4 rings (SSSR count). The number of aromatic nitrogens is 1. The standard InChI is InChI=1S/C18H14F2N2O3/c19-12-7-14(20)16-15(8-12)22-18(25-16)10-1-3-13(4-2-10)21-17(23)11-5-6-24-9-11/h1-4,7-8,11H,5-6,9H2,(H,21,23). The number of benzene rings is 2. The summed E-state index contributed by atoms with van der Waals surface area (Å²) in [5, 5.41) is 2.83. The Morgan fingerprint density at radius 2 is 2.00 bits per heavy atom. The molecule has 1 atom stereocenters. The van der Waals surface area contributed by atoms with Gasteiger partial charge in [-0.15, -0.1) is 0 Å². The van der Waals surface area contributed by atoms with Crippen LogP contribution in [0.25, 0.3) is 22.6 Å². The van der Waals surface area contributed by atoms with Gasteiger partial charge in [-0.2, -0.15) is 0 Å². The Morgan fingerprint density at radius 3 is 2.72 bits per heavy atom. The molecule has 1 aliphatic rings. The quantitative estimate of drug-likeness (QED) is 0.786. The predicted molar refractivity (Wildman–Crippen MR) is 86.9 cm³/mol. The van der Waals surface area contributed by atoms with Crippen molar-refractivity contribution >= 4 is 22.7 Å². The van der Waals surface area contributed by atoms with Gasteiger partial charge in [0.1, 0.15) is 11.3 Å². The summed E-state index contributed by atoms with van der Waals surface area (Å²) in [7, 11) is 0. The maximum atomic E-state index is 13.7. The maximum Gasteiger partial charge on any atom is 0.229 e. The first kappa shape index (κ1) is 15.7. The van der Waals surface area contributed by atoms with Crippen LogP contribution in [-0.4, -0.2) is 24.1 Å². The molecule has 0 saturated carbocycles. The number of carbonyl (C=O) groups is 1. The second-order valence-corrected chi connectivity index (χ2v) is 5.88. The Balaban J connectivity index is 1.55. The van der Waals surface area contributed by atoms with Gasteiger partial charge in [-0.3, -0.25) is 4.79 Å². The van der Waals surface area contributed by atoms with Gasteiger partial charge >= 0.3 is 0 Å². The summed E-state index contributed by atoms with van der Waals surface area (Å²) in [6, 6.07) is 8.66. The topological polar surface area (TPSA) is 64.4 Å². The molecule has 1 N–H and O–H groups in total. The SMILES string of the molecule is O=C(Nc1ccc(-c2nc3cc(F)cc(F)c3o2)cc1)C1CCOC1. The first-order chi connectivity index (χ1) is 12.1. The highest BCUT2D eigenvalue weighted by molar-refractivity contribution is 5.93. The number of carbonyl (C=O) groups excluding carboxylic acids is 1. The van der Waals surface area contributed by atoms with Crippen molar-refractivity contribution < 1.29 is 22.7 Å². The van der Waals surface area contributed by atoms with Crippen molar-refractivity contribution in [1.82, 2.24) is 4.98 Å². The van der Waals surface area contributed by atoms with E-state index in [1.165, 1.54) is 0 Å². The number of hydrogen-bond donors (Lipinski definition) is 1. The number of oxazole rings is 1. The van der Waals surface area contributed by atoms with Gasteiger partial charge in [-0.05, 0) is 30.7 Å². The number of amides is 1. The minimum atomic E-state index is -0.795. The van der Waals surface area contributed by atoms with Crippen LogP contribution < -0.4 is 5.32 Å². The van der Waals surface area contributed by atoms with E-state index in [-0.39, 0.29) is 28.8 Å². The Morgan fingerprint density at radius 1 is 1.20 bits per heavy atom. The van der Waals surface area contributed by atoms with Gasteiger partial charge in [-0.1, -0.05) is 0 Å². The van der Waals surface area contributed by atoms with E-state index in [0.29, 0.717) is 24.5 Å². The van der Waals surface area contributed by atoms with Gasteiger partial charge in [0.05, 0.1) is 12.5 Å². The number of nitrogens with one attached hydrogen (secondary N) is 1. The van der Waals surface area contributed by atoms with Crippen molar-refractivity contribution in [3.8, 4) is 11.5 Å². The van der Waals surface area contributed by atoms with E-state index < -0.39 is 11.6 Å². The maximum absolute atomic E-state index is 13.7. The Hall–Kier alpha value is -2.80. The fraction of sp³-hybridized carbons (Fsp3) is 0.222. The first-order valence-electron chi connectivity index (χ1n) is 7.85. The first-order valence-corrected chi connectivity index (χ1v) is 7.85. The minimum Gasteiger partial charge on any atom is -0.433 e. The highest BCUT2D eigenvalue weighted by Crippen LogP contribution is 2.27. The molecule has 0 spiro atoms. The third-order valence-corrected chi connectivity index (χ3v) is 4.11. The number of ether oxygens (including phenoxy) is 1. The third kappa shape index (κ3) is 3.10. The van der Waals surface area contributed by atoms with Crippen molar-refractivity contribution in [2.75, 3.05) is 18.5 Å². The molecular formula is C18H14F2N2O3. The van der Waals surface area contributed by atoms with E-state index in [1.54, 1.807) is 24.3 Å². The van der Waals surface area contributed by atoms with Crippen molar-refractivity contribution in [2.45, 2.75) is 6.42 Å². The monoisotopic (exact) mass is 344 g/mol. The number of fused-ring (bicyclic) bond motifs is 1. The molecule has 0 aliphatic carbocycles. The Bertz CT molecular complexity index is 931. The molecule has 1 amide bonds. The summed E-state index contributed by atoms with van der Waals surface area (Å²) in [4.78, 5) is 16.2. The van der Waals surface area contributed by atoms with Crippen LogP contribution in [0.2, 0.25) is 0 Å². The molecule has 1 aliphatic heterocycles. The minimum absolute atomic E-state index is 0.0790. The number of nitrogens with zero attached hydrogens (tertiary/aromatic N) is 1. The summed E-state index contributed by atoms with van der Waals surface area (Å²) in [6.45, 7) is 1.04. The number of anilines is 1. The number of rotatable bonds is 3. The van der Waals surface area contributed by atoms with E-state index in [4.69, 9.17) is 9.15 Å². The van der Waals surface area contributed by atoms with Crippen molar-refractivity contribution in [3.05, 3.63) is 48.0 Å². The molecule has 1 saturated heterocycles. The molecule has 25 heavy (non-hydrogen) atoms. The number of hydrogen-bond acceptors (Lipinski definition) is 4. The van der Waals surface area contributed by atoms with Gasteiger partial charge in [0.25, 0.3) is 0 Å². The molecule has 2 aromatic carbocycles. The summed E-state index contributed by atoms with van der Waals surface area (Å²) in [6.07, 6.45) is 0.717. The summed E-state index contributed by atoms with van der Waals surface area (Å²) in [5.74, 6) is -1.53. The lowest BCUT2D eigenvalue weighted by Crippen LogP contribution is -2.22. The highest BCUT2D eigenvalue weighted by atomic mass is 19.1. The zero-order valence-corrected chi connectivity index (χ0v) is 13.1. The molecule has 7 heteroatoms. The second kappa shape index (κ2) is 6.25. The van der Waals surface area contributed by atoms with E-state index >= 15 is 0 Å². The molecule has 1 unspecified atom stereocenters. The molecule has 5 nitrogen and oxygen atoms in total. The molecule has 1 fully saturated rings. The zero-order valence-electron chi connectivity index (χ0n) is 13.1. The van der Waals surface area contributed by atoms with Crippen LogP contribution in [0, 0.1) is 17.6 Å². The normalized spacial score (nSPS) is 17.1. The average molecular weight is 344 g/mol. The lowest BCUT2D eigenvalue weighted by molar-refractivity contribution is -0.119. The second-order valence-electron chi connectivity index (χ2n) is 5.88. The highest BCUT2D eigenvalue weighted by Gasteiger charge is 2.23. The van der Waals surface area contributed by atoms with Crippen LogP contribution in [0.1, 0.15) is 6.42 Å². The molecule has 0 bridgehead atoms. The van der Waals surface area contributed by atoms with Gasteiger partial charge in [0, 0.05) is 30.0 Å². The van der Waals surface area contributed by atoms with Crippen molar-refractivity contribution in [1.29, 1.82) is 0 Å². The van der Waals surface area contributed by atoms with E-state index in [9.17, 15) is 13.6 Å². The van der Waals surface area contributed by atoms with Crippen LogP contribution in [0.4, 0.5) is 14.5 Å². The zero-order chi connectivity index (χ0) is 17.4. The Labute approximate surface area is 141 Å². The van der Waals surface area contributed by atoms with Crippen molar-refractivity contribution in [2.24, 2.45) is 5.92 Å². The molecular weight excluding hydrogens is 330 g/mol. The summed E-state index contributed by atoms with van der Waals surface area (Å²) in [5.41, 5.74) is 1.26. The fourth-order valence-corrected chi connectivity index (χ4v) is 2.76. The van der Waals surface area contributed by atoms with Crippen LogP contribution >= 0.6 is 0 Å². The molecule has 1 aromatic heterocycles. The number of halogens is 2. The van der Waals surface area contributed by atoms with Gasteiger partial charge < -0.3 is 14.5 Å². The largest absolute Gasteiger partial charge is 0.433 e. The predicted octanol–water partition coefficient (Wildman–Crippen LogP) is 3.75. The summed E-state index contributed by atoms with van der Waals surface area (Å²) < 4.78 is 37.5. The van der Waals surface area contributed by atoms with Crippen LogP contribution in [0.3, 0.4) is 0 Å². The average Bonchev–Trinajstić information content (AvgIpc) is 3.25. The van der Waals surface area contributed by atoms with Gasteiger partial charge in [0.2, 0.25) is 11.8 Å². The smallest absolute Gasteiger partial charge is 0.229 e. The van der Waals surface area contributed by atoms with E-state index in [0.717, 1.165) is 18.6 Å². The Kier molecular flexibility index (Phi) is 3.93. The molecule has 128 valence electrons. The van der Waals surface area contributed by atoms with Crippen LogP contribution in [0.5, 0.6) is 0 Å². The summed E-state index contributed by atoms with van der Waals surface area (Å²) >= 11 is 0. The van der Waals surface area contributed by atoms with Crippen LogP contribution in [-0.2, 0) is 9.53 Å². The van der Waals surface area contributed by atoms with Crippen LogP contribution in [0.15, 0.2) is 40.8 Å². The van der Waals surface area contributed by atoms with Gasteiger partial charge in [-0.25, -0.2) is 13.8 Å². The molecule has 3 aromatic rings. The van der Waals surface area contributed by atoms with Crippen molar-refractivity contribution in [3.63, 3.8) is 0 Å². The lowest BCUT2D eigenvalue weighted by atomic mass is 10.1. The van der Waals surface area contributed by atoms with E-state index in [1.807, 2.05) is 0 Å². The molecule has 2 heterocycles. The third-order valence-electron chi connectivity index (χ3n) is 4.11. The molecule has 0 radical (unpaired) electrons. The van der Waals surface area contributed by atoms with E-state index in [2.05, 4.69) is 10.3 Å².